The highest BCUT2D eigenvalue weighted by atomic mass is 35.5. The van der Waals surface area contributed by atoms with Crippen LogP contribution in [0.5, 0.6) is 0 Å². The monoisotopic (exact) mass is 464 g/mol. The number of nitrogens with one attached hydrogen (secondary N) is 1. The van der Waals surface area contributed by atoms with Crippen LogP contribution in [0.2, 0.25) is 5.02 Å². The van der Waals surface area contributed by atoms with Gasteiger partial charge in [-0.1, -0.05) is 23.7 Å². The Morgan fingerprint density at radius 1 is 1.10 bits per heavy atom. The number of alkyl halides is 3. The molecule has 0 aliphatic carbocycles. The van der Waals surface area contributed by atoms with Crippen molar-refractivity contribution in [2.75, 3.05) is 18.4 Å². The van der Waals surface area contributed by atoms with Crippen LogP contribution in [0.25, 0.3) is 0 Å². The molecule has 30 heavy (non-hydrogen) atoms. The van der Waals surface area contributed by atoms with Gasteiger partial charge in [0.2, 0.25) is 15.9 Å². The highest BCUT2D eigenvalue weighted by Gasteiger charge is 2.40. The summed E-state index contributed by atoms with van der Waals surface area (Å²) in [5.41, 5.74) is -1.29. The number of piperidine rings is 1. The molecule has 1 aliphatic rings. The predicted molar refractivity (Wildman–Crippen MR) is 103 cm³/mol. The van der Waals surface area contributed by atoms with Gasteiger partial charge in [0.15, 0.2) is 0 Å². The average molecular weight is 465 g/mol. The molecule has 0 saturated carbocycles. The van der Waals surface area contributed by atoms with Crippen LogP contribution in [-0.2, 0) is 21.0 Å². The number of benzene rings is 2. The molecule has 1 fully saturated rings. The molecular formula is C19H17ClF4N2O3S. The lowest BCUT2D eigenvalue weighted by atomic mass is 9.97. The second kappa shape index (κ2) is 8.52. The van der Waals surface area contributed by atoms with Crippen molar-refractivity contribution < 1.29 is 30.8 Å². The first-order valence-electron chi connectivity index (χ1n) is 8.92. The van der Waals surface area contributed by atoms with Crippen LogP contribution in [0.15, 0.2) is 47.4 Å². The van der Waals surface area contributed by atoms with E-state index < -0.39 is 44.3 Å². The second-order valence-corrected chi connectivity index (χ2v) is 9.13. The smallest absolute Gasteiger partial charge is 0.323 e. The Hall–Kier alpha value is -2.17. The van der Waals surface area contributed by atoms with E-state index in [9.17, 15) is 30.8 Å². The minimum Gasteiger partial charge on any atom is -0.323 e. The molecule has 5 nitrogen and oxygen atoms in total. The van der Waals surface area contributed by atoms with Gasteiger partial charge in [0, 0.05) is 24.0 Å². The van der Waals surface area contributed by atoms with E-state index in [1.165, 1.54) is 18.2 Å². The van der Waals surface area contributed by atoms with Crippen molar-refractivity contribution in [3.8, 4) is 0 Å². The molecule has 0 bridgehead atoms. The van der Waals surface area contributed by atoms with Crippen molar-refractivity contribution in [1.82, 2.24) is 4.31 Å². The average Bonchev–Trinajstić information content (AvgIpc) is 2.69. The summed E-state index contributed by atoms with van der Waals surface area (Å²) in [5, 5.41) is 2.60. The molecule has 0 atom stereocenters. The number of halogens is 5. The van der Waals surface area contributed by atoms with Crippen molar-refractivity contribution >= 4 is 33.2 Å². The number of sulfonamides is 1. The van der Waals surface area contributed by atoms with Gasteiger partial charge in [0.05, 0.1) is 16.1 Å². The molecule has 0 aromatic heterocycles. The van der Waals surface area contributed by atoms with Crippen molar-refractivity contribution in [3.05, 3.63) is 58.9 Å². The molecule has 3 rings (SSSR count). The third-order valence-corrected chi connectivity index (χ3v) is 7.02. The summed E-state index contributed by atoms with van der Waals surface area (Å²) < 4.78 is 79.9. The first-order chi connectivity index (χ1) is 14.0. The van der Waals surface area contributed by atoms with Crippen LogP contribution in [0.4, 0.5) is 23.2 Å². The van der Waals surface area contributed by atoms with Gasteiger partial charge in [0.25, 0.3) is 0 Å². The quantitative estimate of drug-likeness (QED) is 0.676. The molecule has 1 amide bonds. The second-order valence-electron chi connectivity index (χ2n) is 6.79. The van der Waals surface area contributed by atoms with Crippen molar-refractivity contribution in [2.45, 2.75) is 23.9 Å². The first-order valence-corrected chi connectivity index (χ1v) is 10.7. The van der Waals surface area contributed by atoms with E-state index in [0.29, 0.717) is 6.07 Å². The van der Waals surface area contributed by atoms with Gasteiger partial charge in [-0.25, -0.2) is 12.8 Å². The third kappa shape index (κ3) is 4.76. The SMILES string of the molecule is O=C(Nc1ccc(Cl)cc1F)C1CCN(S(=O)(=O)c2ccccc2C(F)(F)F)CC1. The van der Waals surface area contributed by atoms with E-state index in [1.54, 1.807) is 0 Å². The topological polar surface area (TPSA) is 66.5 Å². The van der Waals surface area contributed by atoms with Gasteiger partial charge >= 0.3 is 6.18 Å². The molecule has 2 aromatic carbocycles. The van der Waals surface area contributed by atoms with E-state index in [1.807, 2.05) is 0 Å². The summed E-state index contributed by atoms with van der Waals surface area (Å²) in [7, 11) is -4.39. The Labute approximate surface area is 175 Å². The molecule has 11 heteroatoms. The summed E-state index contributed by atoms with van der Waals surface area (Å²) >= 11 is 5.67. The van der Waals surface area contributed by atoms with Crippen LogP contribution >= 0.6 is 11.6 Å². The lowest BCUT2D eigenvalue weighted by molar-refractivity contribution is -0.139. The molecule has 2 aromatic rings. The Kier molecular flexibility index (Phi) is 6.40. The van der Waals surface area contributed by atoms with Crippen LogP contribution in [0, 0.1) is 11.7 Å². The molecule has 1 saturated heterocycles. The largest absolute Gasteiger partial charge is 0.417 e. The number of rotatable bonds is 4. The standard InChI is InChI=1S/C19H17ClF4N2O3S/c20-13-5-6-16(15(21)11-13)25-18(27)12-7-9-26(10-8-12)30(28,29)17-4-2-1-3-14(17)19(22,23)24/h1-6,11-12H,7-10H2,(H,25,27). The molecule has 0 radical (unpaired) electrons. The minimum absolute atomic E-state index is 0.0569. The number of anilines is 1. The number of carbonyl (C=O) groups is 1. The molecular weight excluding hydrogens is 448 g/mol. The van der Waals surface area contributed by atoms with E-state index >= 15 is 0 Å². The summed E-state index contributed by atoms with van der Waals surface area (Å²) in [6, 6.07) is 7.74. The van der Waals surface area contributed by atoms with Crippen LogP contribution in [0.1, 0.15) is 18.4 Å². The van der Waals surface area contributed by atoms with Gasteiger partial charge < -0.3 is 5.32 Å². The van der Waals surface area contributed by atoms with E-state index in [-0.39, 0.29) is 36.6 Å². The van der Waals surface area contributed by atoms with Gasteiger partial charge in [-0.2, -0.15) is 17.5 Å². The molecule has 162 valence electrons. The summed E-state index contributed by atoms with van der Waals surface area (Å²) in [6.07, 6.45) is -4.63. The fraction of sp³-hybridized carbons (Fsp3) is 0.316. The molecule has 1 aliphatic heterocycles. The van der Waals surface area contributed by atoms with Crippen molar-refractivity contribution in [1.29, 1.82) is 0 Å². The normalized spacial score (nSPS) is 16.4. The predicted octanol–water partition coefficient (Wildman–Crippen LogP) is 4.54. The number of hydrogen-bond donors (Lipinski definition) is 1. The Morgan fingerprint density at radius 2 is 1.73 bits per heavy atom. The maximum Gasteiger partial charge on any atom is 0.417 e. The molecule has 0 unspecified atom stereocenters. The number of carbonyl (C=O) groups excluding carboxylic acids is 1. The van der Waals surface area contributed by atoms with E-state index in [2.05, 4.69) is 5.32 Å². The van der Waals surface area contributed by atoms with Gasteiger partial charge in [-0.15, -0.1) is 0 Å². The van der Waals surface area contributed by atoms with Gasteiger partial charge in [-0.05, 0) is 43.2 Å². The number of amides is 1. The zero-order chi connectivity index (χ0) is 22.1. The fourth-order valence-corrected chi connectivity index (χ4v) is 5.09. The van der Waals surface area contributed by atoms with Gasteiger partial charge in [-0.3, -0.25) is 4.79 Å². The maximum atomic E-state index is 13.8. The lowest BCUT2D eigenvalue weighted by Gasteiger charge is -2.31. The fourth-order valence-electron chi connectivity index (χ4n) is 3.25. The zero-order valence-corrected chi connectivity index (χ0v) is 17.0. The van der Waals surface area contributed by atoms with E-state index in [4.69, 9.17) is 11.6 Å². The Bertz CT molecular complexity index is 1050. The summed E-state index contributed by atoms with van der Waals surface area (Å²) in [6.45, 7) is -0.259. The van der Waals surface area contributed by atoms with Crippen LogP contribution < -0.4 is 5.32 Å². The number of hydrogen-bond acceptors (Lipinski definition) is 3. The molecule has 1 N–H and O–H groups in total. The van der Waals surface area contributed by atoms with Crippen LogP contribution in [0.3, 0.4) is 0 Å². The lowest BCUT2D eigenvalue weighted by Crippen LogP contribution is -2.42. The van der Waals surface area contributed by atoms with E-state index in [0.717, 1.165) is 22.5 Å². The van der Waals surface area contributed by atoms with Crippen molar-refractivity contribution in [2.24, 2.45) is 5.92 Å². The Balaban J connectivity index is 1.70. The minimum atomic E-state index is -4.81. The Morgan fingerprint density at radius 3 is 2.33 bits per heavy atom. The molecule has 0 spiro atoms. The summed E-state index contributed by atoms with van der Waals surface area (Å²) in [4.78, 5) is 11.6. The highest BCUT2D eigenvalue weighted by molar-refractivity contribution is 7.89. The van der Waals surface area contributed by atoms with Crippen molar-refractivity contribution in [3.63, 3.8) is 0 Å². The first kappa shape index (κ1) is 22.5. The number of nitrogens with zero attached hydrogens (tertiary/aromatic N) is 1. The molecule has 1 heterocycles. The maximum absolute atomic E-state index is 13.8. The van der Waals surface area contributed by atoms with Crippen LogP contribution in [-0.4, -0.2) is 31.7 Å². The summed E-state index contributed by atoms with van der Waals surface area (Å²) in [5.74, 6) is -1.81. The highest BCUT2D eigenvalue weighted by Crippen LogP contribution is 2.36. The van der Waals surface area contributed by atoms with Gasteiger partial charge in [0.1, 0.15) is 5.82 Å². The third-order valence-electron chi connectivity index (χ3n) is 4.82. The zero-order valence-electron chi connectivity index (χ0n) is 15.4.